The molecule has 1 aliphatic rings. The quantitative estimate of drug-likeness (QED) is 0.835. The monoisotopic (exact) mass is 271 g/mol. The van der Waals surface area contributed by atoms with Crippen LogP contribution in [0.15, 0.2) is 24.3 Å². The molecule has 1 amide bonds. The zero-order valence-electron chi connectivity index (χ0n) is 12.1. The Balaban J connectivity index is 1.84. The van der Waals surface area contributed by atoms with Gasteiger partial charge in [0.2, 0.25) is 5.91 Å². The number of amides is 1. The zero-order chi connectivity index (χ0) is 14.6. The second-order valence-corrected chi connectivity index (χ2v) is 5.54. The van der Waals surface area contributed by atoms with Crippen molar-refractivity contribution >= 4 is 11.6 Å². The zero-order valence-corrected chi connectivity index (χ0v) is 12.1. The maximum atomic E-state index is 11.9. The van der Waals surface area contributed by atoms with Gasteiger partial charge in [0, 0.05) is 5.69 Å². The second kappa shape index (κ2) is 5.96. The summed E-state index contributed by atoms with van der Waals surface area (Å²) in [5, 5.41) is 15.1. The van der Waals surface area contributed by atoms with Crippen molar-refractivity contribution in [2.75, 3.05) is 11.9 Å². The fourth-order valence-corrected chi connectivity index (χ4v) is 2.26. The summed E-state index contributed by atoms with van der Waals surface area (Å²) in [5.41, 5.74) is 1.47. The lowest BCUT2D eigenvalue weighted by atomic mass is 9.98. The van der Waals surface area contributed by atoms with Crippen molar-refractivity contribution < 1.29 is 4.79 Å². The van der Waals surface area contributed by atoms with Gasteiger partial charge in [-0.15, -0.1) is 0 Å². The first kappa shape index (κ1) is 14.4. The van der Waals surface area contributed by atoms with E-state index in [4.69, 9.17) is 0 Å². The molecule has 0 bridgehead atoms. The first-order valence-electron chi connectivity index (χ1n) is 7.12. The Kier molecular flexibility index (Phi) is 4.29. The number of benzene rings is 1. The molecule has 1 fully saturated rings. The first-order chi connectivity index (χ1) is 9.57. The van der Waals surface area contributed by atoms with Gasteiger partial charge < -0.3 is 10.6 Å². The topological polar surface area (TPSA) is 64.9 Å². The van der Waals surface area contributed by atoms with E-state index >= 15 is 0 Å². The van der Waals surface area contributed by atoms with Gasteiger partial charge in [-0.2, -0.15) is 5.26 Å². The summed E-state index contributed by atoms with van der Waals surface area (Å²) < 4.78 is 0. The molecule has 4 nitrogen and oxygen atoms in total. The third-order valence-corrected chi connectivity index (χ3v) is 3.84. The molecule has 0 heterocycles. The Bertz CT molecular complexity index is 514. The molecule has 1 saturated carbocycles. The molecule has 106 valence electrons. The second-order valence-electron chi connectivity index (χ2n) is 5.54. The van der Waals surface area contributed by atoms with Gasteiger partial charge in [-0.05, 0) is 49.8 Å². The minimum atomic E-state index is -0.717. The van der Waals surface area contributed by atoms with Crippen molar-refractivity contribution in [1.29, 1.82) is 5.26 Å². The average molecular weight is 271 g/mol. The highest BCUT2D eigenvalue weighted by atomic mass is 16.2. The third kappa shape index (κ3) is 3.51. The number of nitrogens with zero attached hydrogens (tertiary/aromatic N) is 1. The van der Waals surface area contributed by atoms with Crippen LogP contribution in [0.5, 0.6) is 0 Å². The summed E-state index contributed by atoms with van der Waals surface area (Å²) >= 11 is 0. The van der Waals surface area contributed by atoms with E-state index in [0.717, 1.165) is 24.9 Å². The molecular weight excluding hydrogens is 250 g/mol. The van der Waals surface area contributed by atoms with Gasteiger partial charge in [0.25, 0.3) is 0 Å². The van der Waals surface area contributed by atoms with Crippen LogP contribution >= 0.6 is 0 Å². The lowest BCUT2D eigenvalue weighted by molar-refractivity contribution is -0.120. The minimum Gasteiger partial charge on any atom is -0.376 e. The van der Waals surface area contributed by atoms with Crippen molar-refractivity contribution in [2.24, 2.45) is 5.92 Å². The van der Waals surface area contributed by atoms with Crippen molar-refractivity contribution in [2.45, 2.75) is 38.6 Å². The number of hydrogen-bond donors (Lipinski definition) is 2. The van der Waals surface area contributed by atoms with Crippen LogP contribution in [0.25, 0.3) is 0 Å². The number of rotatable bonds is 6. The molecule has 1 aliphatic carbocycles. The predicted molar refractivity (Wildman–Crippen MR) is 79.2 cm³/mol. The van der Waals surface area contributed by atoms with Gasteiger partial charge in [0.05, 0.1) is 12.6 Å². The van der Waals surface area contributed by atoms with Crippen LogP contribution < -0.4 is 10.6 Å². The Morgan fingerprint density at radius 2 is 2.05 bits per heavy atom. The number of anilines is 1. The Hall–Kier alpha value is -2.02. The molecule has 1 aromatic carbocycles. The van der Waals surface area contributed by atoms with Crippen LogP contribution in [0.2, 0.25) is 0 Å². The number of carbonyl (C=O) groups is 1. The van der Waals surface area contributed by atoms with Gasteiger partial charge in [0.1, 0.15) is 5.54 Å². The number of hydrogen-bond acceptors (Lipinski definition) is 3. The summed E-state index contributed by atoms with van der Waals surface area (Å²) in [6.45, 7) is 4.10. The molecule has 1 aromatic rings. The highest BCUT2D eigenvalue weighted by Gasteiger charge is 2.42. The van der Waals surface area contributed by atoms with E-state index in [-0.39, 0.29) is 12.5 Å². The maximum Gasteiger partial charge on any atom is 0.240 e. The molecule has 0 radical (unpaired) electrons. The number of aryl methyl sites for hydroxylation is 1. The van der Waals surface area contributed by atoms with Crippen LogP contribution in [0, 0.1) is 17.2 Å². The van der Waals surface area contributed by atoms with E-state index in [1.807, 2.05) is 24.3 Å². The molecule has 1 atom stereocenters. The highest BCUT2D eigenvalue weighted by Crippen LogP contribution is 2.39. The van der Waals surface area contributed by atoms with Gasteiger partial charge >= 0.3 is 0 Å². The molecule has 0 aromatic heterocycles. The minimum absolute atomic E-state index is 0.138. The summed E-state index contributed by atoms with van der Waals surface area (Å²) in [5.74, 6) is 0.167. The summed E-state index contributed by atoms with van der Waals surface area (Å²) in [4.78, 5) is 11.9. The Labute approximate surface area is 120 Å². The number of nitrogens with one attached hydrogen (secondary N) is 2. The summed E-state index contributed by atoms with van der Waals surface area (Å²) in [6.07, 6.45) is 3.05. The van der Waals surface area contributed by atoms with Gasteiger partial charge in [0.15, 0.2) is 0 Å². The lowest BCUT2D eigenvalue weighted by Crippen LogP contribution is -2.48. The molecule has 1 unspecified atom stereocenters. The molecular formula is C16H21N3O. The number of nitriles is 1. The largest absolute Gasteiger partial charge is 0.376 e. The number of carbonyl (C=O) groups excluding carboxylic acids is 1. The van der Waals surface area contributed by atoms with E-state index < -0.39 is 5.54 Å². The molecule has 20 heavy (non-hydrogen) atoms. The van der Waals surface area contributed by atoms with Crippen LogP contribution in [-0.2, 0) is 11.2 Å². The average Bonchev–Trinajstić information content (AvgIpc) is 3.30. The molecule has 2 rings (SSSR count). The van der Waals surface area contributed by atoms with Crippen LogP contribution in [0.3, 0.4) is 0 Å². The van der Waals surface area contributed by atoms with Crippen molar-refractivity contribution in [3.63, 3.8) is 0 Å². The van der Waals surface area contributed by atoms with E-state index in [1.54, 1.807) is 6.92 Å². The summed E-state index contributed by atoms with van der Waals surface area (Å²) in [7, 11) is 0. The molecule has 0 saturated heterocycles. The van der Waals surface area contributed by atoms with Gasteiger partial charge in [-0.25, -0.2) is 0 Å². The fraction of sp³-hybridized carbons (Fsp3) is 0.500. The standard InChI is InChI=1S/C16H21N3O/c1-3-12-4-8-14(9-5-12)18-10-15(20)19-16(2,11-17)13-6-7-13/h4-5,8-9,13,18H,3,6-7,10H2,1-2H3,(H,19,20). The highest BCUT2D eigenvalue weighted by molar-refractivity contribution is 5.81. The Morgan fingerprint density at radius 1 is 1.40 bits per heavy atom. The van der Waals surface area contributed by atoms with Crippen molar-refractivity contribution in [3.05, 3.63) is 29.8 Å². The molecule has 0 spiro atoms. The molecule has 4 heteroatoms. The lowest BCUT2D eigenvalue weighted by Gasteiger charge is -2.23. The van der Waals surface area contributed by atoms with Gasteiger partial charge in [-0.3, -0.25) is 4.79 Å². The van der Waals surface area contributed by atoms with Crippen LogP contribution in [0.4, 0.5) is 5.69 Å². The van der Waals surface area contributed by atoms with E-state index in [9.17, 15) is 10.1 Å². The predicted octanol–water partition coefficient (Wildman–Crippen LogP) is 2.47. The smallest absolute Gasteiger partial charge is 0.240 e. The third-order valence-electron chi connectivity index (χ3n) is 3.84. The van der Waals surface area contributed by atoms with Crippen molar-refractivity contribution in [3.8, 4) is 6.07 Å². The first-order valence-corrected chi connectivity index (χ1v) is 7.12. The normalized spacial score (nSPS) is 16.9. The van der Waals surface area contributed by atoms with Crippen LogP contribution in [0.1, 0.15) is 32.3 Å². The molecule has 0 aliphatic heterocycles. The molecule has 2 N–H and O–H groups in total. The summed E-state index contributed by atoms with van der Waals surface area (Å²) in [6, 6.07) is 10.3. The fourth-order valence-electron chi connectivity index (χ4n) is 2.26. The Morgan fingerprint density at radius 3 is 2.55 bits per heavy atom. The van der Waals surface area contributed by atoms with Crippen LogP contribution in [-0.4, -0.2) is 18.0 Å². The van der Waals surface area contributed by atoms with Crippen molar-refractivity contribution in [1.82, 2.24) is 5.32 Å². The maximum absolute atomic E-state index is 11.9. The SMILES string of the molecule is CCc1ccc(NCC(=O)NC(C)(C#N)C2CC2)cc1. The van der Waals surface area contributed by atoms with E-state index in [2.05, 4.69) is 23.6 Å². The van der Waals surface area contributed by atoms with E-state index in [0.29, 0.717) is 5.92 Å². The van der Waals surface area contributed by atoms with Gasteiger partial charge in [-0.1, -0.05) is 19.1 Å². The van der Waals surface area contributed by atoms with E-state index in [1.165, 1.54) is 5.56 Å².